The molecule has 5 aliphatic rings. The number of carbonyl (C=O) groups is 6. The van der Waals surface area contributed by atoms with Gasteiger partial charge in [0.2, 0.25) is 0 Å². The molecule has 3 fully saturated rings. The zero-order chi connectivity index (χ0) is 38.6. The topological polar surface area (TPSA) is 226 Å². The SMILES string of the molecule is CCC1(C)OC(=O)C(/C=C/C=C/C=C2C(=O)OC3(CCC4(CC3)OC(=O)C(=C/C=C/C=C/C3=C(O)OC(C)(COC)OC3=O)C(=O)O4)OC2=O)=C(O)O1. The van der Waals surface area contributed by atoms with Crippen molar-refractivity contribution in [1.82, 2.24) is 0 Å². The Morgan fingerprint density at radius 2 is 0.925 bits per heavy atom. The second kappa shape index (κ2) is 14.9. The summed E-state index contributed by atoms with van der Waals surface area (Å²) in [6.45, 7) is 4.52. The van der Waals surface area contributed by atoms with Crippen LogP contribution in [0.1, 0.15) is 52.9 Å². The summed E-state index contributed by atoms with van der Waals surface area (Å²) in [5.41, 5.74) is -1.34. The van der Waals surface area contributed by atoms with Crippen LogP contribution in [0, 0.1) is 0 Å². The molecule has 17 nitrogen and oxygen atoms in total. The monoisotopic (exact) mass is 740 g/mol. The van der Waals surface area contributed by atoms with E-state index in [4.69, 9.17) is 42.6 Å². The molecule has 0 aromatic heterocycles. The molecule has 53 heavy (non-hydrogen) atoms. The van der Waals surface area contributed by atoms with Crippen LogP contribution in [0.2, 0.25) is 0 Å². The quantitative estimate of drug-likeness (QED) is 0.114. The molecule has 2 N–H and O–H groups in total. The number of esters is 6. The predicted octanol–water partition coefficient (Wildman–Crippen LogP) is 3.41. The summed E-state index contributed by atoms with van der Waals surface area (Å²) in [5.74, 6) is -12.9. The Bertz CT molecular complexity index is 1800. The molecule has 0 radical (unpaired) electrons. The summed E-state index contributed by atoms with van der Waals surface area (Å²) in [7, 11) is 1.37. The van der Waals surface area contributed by atoms with Crippen LogP contribution < -0.4 is 0 Å². The van der Waals surface area contributed by atoms with Gasteiger partial charge >= 0.3 is 35.8 Å². The van der Waals surface area contributed by atoms with E-state index in [-0.39, 0.29) is 43.4 Å². The van der Waals surface area contributed by atoms with E-state index in [0.717, 1.165) is 12.2 Å². The number of rotatable bonds is 9. The maximum atomic E-state index is 12.8. The van der Waals surface area contributed by atoms with Gasteiger partial charge in [-0.05, 0) is 24.3 Å². The lowest BCUT2D eigenvalue weighted by Crippen LogP contribution is -2.56. The number of aliphatic hydroxyl groups excluding tert-OH is 2. The van der Waals surface area contributed by atoms with E-state index >= 15 is 0 Å². The number of aliphatic hydroxyl groups is 2. The van der Waals surface area contributed by atoms with Gasteiger partial charge in [0.25, 0.3) is 35.0 Å². The molecule has 2 unspecified atom stereocenters. The average Bonchev–Trinajstić information content (AvgIpc) is 3.06. The van der Waals surface area contributed by atoms with Gasteiger partial charge in [-0.25, -0.2) is 28.8 Å². The molecule has 0 amide bonds. The Morgan fingerprint density at radius 3 is 1.28 bits per heavy atom. The van der Waals surface area contributed by atoms with Gasteiger partial charge < -0.3 is 52.8 Å². The lowest BCUT2D eigenvalue weighted by molar-refractivity contribution is -0.291. The third kappa shape index (κ3) is 8.35. The fraction of sp³-hybridized carbons (Fsp3) is 0.389. The highest BCUT2D eigenvalue weighted by Gasteiger charge is 2.56. The lowest BCUT2D eigenvalue weighted by atomic mass is 9.87. The van der Waals surface area contributed by atoms with E-state index in [1.165, 1.54) is 69.6 Å². The van der Waals surface area contributed by atoms with Crippen molar-refractivity contribution >= 4 is 35.8 Å². The van der Waals surface area contributed by atoms with Crippen LogP contribution in [-0.4, -0.2) is 82.9 Å². The number of methoxy groups -OCH3 is 1. The molecule has 1 aliphatic carbocycles. The van der Waals surface area contributed by atoms with Crippen LogP contribution in [0.4, 0.5) is 0 Å². The zero-order valence-electron chi connectivity index (χ0n) is 29.0. The highest BCUT2D eigenvalue weighted by Crippen LogP contribution is 2.45. The normalized spacial score (nSPS) is 30.8. The molecular formula is C36H36O17. The molecule has 2 saturated heterocycles. The van der Waals surface area contributed by atoms with Gasteiger partial charge in [-0.1, -0.05) is 43.4 Å². The van der Waals surface area contributed by atoms with Crippen LogP contribution in [-0.2, 0) is 71.4 Å². The van der Waals surface area contributed by atoms with Crippen LogP contribution in [0.15, 0.2) is 94.9 Å². The highest BCUT2D eigenvalue weighted by molar-refractivity contribution is 6.16. The Balaban J connectivity index is 1.14. The number of hydrogen-bond acceptors (Lipinski definition) is 17. The fourth-order valence-electron chi connectivity index (χ4n) is 5.51. The van der Waals surface area contributed by atoms with Gasteiger partial charge in [-0.2, -0.15) is 0 Å². The van der Waals surface area contributed by atoms with Crippen molar-refractivity contribution in [3.8, 4) is 0 Å². The largest absolute Gasteiger partial charge is 0.480 e. The number of ether oxygens (including phenoxy) is 9. The third-order valence-electron chi connectivity index (χ3n) is 8.46. The minimum atomic E-state index is -1.68. The van der Waals surface area contributed by atoms with E-state index in [1.54, 1.807) is 6.92 Å². The van der Waals surface area contributed by atoms with Crippen LogP contribution in [0.5, 0.6) is 0 Å². The molecule has 1 saturated carbocycles. The average molecular weight is 741 g/mol. The van der Waals surface area contributed by atoms with Crippen molar-refractivity contribution in [3.05, 3.63) is 94.9 Å². The molecule has 0 aromatic carbocycles. The first-order valence-corrected chi connectivity index (χ1v) is 16.3. The van der Waals surface area contributed by atoms with Crippen molar-refractivity contribution in [2.45, 2.75) is 76.0 Å². The maximum absolute atomic E-state index is 12.8. The first-order chi connectivity index (χ1) is 25.0. The standard InChI is InChI=1S/C36H36O17/c1-5-33(2)46-25(37)21(26(38)47-33)12-8-6-10-14-23-29(41)50-35(51-30(23)42)16-18-36(19-17-35)52-31(43)24(32(44)53-36)15-11-7-9-13-22-27(39)48-34(3,20-45-4)49-28(22)40/h6-15,37,39H,5,16-20H2,1-4H3/b10-6+,11-7+,12-8+,13-9+,23-14?,24-15?. The molecule has 4 aliphatic heterocycles. The Labute approximate surface area is 302 Å². The van der Waals surface area contributed by atoms with E-state index in [9.17, 15) is 39.0 Å². The highest BCUT2D eigenvalue weighted by atomic mass is 16.8. The molecule has 2 atom stereocenters. The fourth-order valence-corrected chi connectivity index (χ4v) is 5.51. The van der Waals surface area contributed by atoms with Crippen LogP contribution in [0.25, 0.3) is 0 Å². The van der Waals surface area contributed by atoms with Crippen molar-refractivity contribution in [1.29, 1.82) is 0 Å². The van der Waals surface area contributed by atoms with E-state index in [0.29, 0.717) is 6.42 Å². The Morgan fingerprint density at radius 1 is 0.547 bits per heavy atom. The van der Waals surface area contributed by atoms with E-state index < -0.39 is 82.0 Å². The third-order valence-corrected chi connectivity index (χ3v) is 8.46. The van der Waals surface area contributed by atoms with Gasteiger partial charge in [0.05, 0.1) is 0 Å². The summed E-state index contributed by atoms with van der Waals surface area (Å²) in [5, 5.41) is 20.2. The maximum Gasteiger partial charge on any atom is 0.348 e. The van der Waals surface area contributed by atoms with Crippen molar-refractivity contribution in [2.24, 2.45) is 0 Å². The molecule has 0 bridgehead atoms. The zero-order valence-corrected chi connectivity index (χ0v) is 29.0. The molecule has 4 heterocycles. The number of carbonyl (C=O) groups excluding carboxylic acids is 6. The van der Waals surface area contributed by atoms with Gasteiger partial charge in [-0.3, -0.25) is 0 Å². The molecule has 5 rings (SSSR count). The summed E-state index contributed by atoms with van der Waals surface area (Å²) < 4.78 is 47.6. The molecular weight excluding hydrogens is 704 g/mol. The number of cyclic esters (lactones) is 2. The van der Waals surface area contributed by atoms with Crippen molar-refractivity contribution < 1.29 is 81.6 Å². The summed E-state index contributed by atoms with van der Waals surface area (Å²) in [4.78, 5) is 75.7. The van der Waals surface area contributed by atoms with Crippen LogP contribution in [0.3, 0.4) is 0 Å². The minimum absolute atomic E-state index is 0.119. The molecule has 2 spiro atoms. The van der Waals surface area contributed by atoms with Crippen LogP contribution >= 0.6 is 0 Å². The smallest absolute Gasteiger partial charge is 0.348 e. The minimum Gasteiger partial charge on any atom is -0.480 e. The van der Waals surface area contributed by atoms with E-state index in [1.807, 2.05) is 0 Å². The predicted molar refractivity (Wildman–Crippen MR) is 174 cm³/mol. The summed E-state index contributed by atoms with van der Waals surface area (Å²) in [6.07, 6.45) is 12.4. The Kier molecular flexibility index (Phi) is 10.7. The molecule has 0 aromatic rings. The molecule has 17 heteroatoms. The first-order valence-electron chi connectivity index (χ1n) is 16.3. The first kappa shape index (κ1) is 38.1. The van der Waals surface area contributed by atoms with Gasteiger partial charge in [0, 0.05) is 53.1 Å². The number of allylic oxidation sites excluding steroid dienone is 8. The molecule has 282 valence electrons. The van der Waals surface area contributed by atoms with Gasteiger partial charge in [-0.15, -0.1) is 0 Å². The Hall–Kier alpha value is -6.10. The summed E-state index contributed by atoms with van der Waals surface area (Å²) in [6, 6.07) is 0. The van der Waals surface area contributed by atoms with Gasteiger partial charge in [0.1, 0.15) is 28.9 Å². The summed E-state index contributed by atoms with van der Waals surface area (Å²) >= 11 is 0. The van der Waals surface area contributed by atoms with E-state index in [2.05, 4.69) is 0 Å². The second-order valence-corrected chi connectivity index (χ2v) is 12.5. The lowest BCUT2D eigenvalue weighted by Gasteiger charge is -2.45. The van der Waals surface area contributed by atoms with Crippen molar-refractivity contribution in [3.63, 3.8) is 0 Å². The number of hydrogen-bond donors (Lipinski definition) is 2. The van der Waals surface area contributed by atoms with Crippen molar-refractivity contribution in [2.75, 3.05) is 13.7 Å². The second-order valence-electron chi connectivity index (χ2n) is 12.5. The van der Waals surface area contributed by atoms with Gasteiger partial charge in [0.15, 0.2) is 0 Å².